The number of likely N-dealkylation sites (N-methyl/N-ethyl adjacent to an activating group) is 2. The van der Waals surface area contributed by atoms with E-state index in [1.54, 1.807) is 0 Å². The minimum atomic E-state index is 0.329. The van der Waals surface area contributed by atoms with E-state index in [1.165, 1.54) is 26.1 Å². The number of likely N-dealkylation sites (tertiary alicyclic amines) is 1. The third-order valence-corrected chi connectivity index (χ3v) is 3.95. The number of nitrogens with one attached hydrogen (secondary N) is 1. The molecule has 1 aliphatic rings. The quantitative estimate of drug-likeness (QED) is 0.787. The number of hydrogen-bond donors (Lipinski definition) is 1. The molecule has 0 radical (unpaired) electrons. The summed E-state index contributed by atoms with van der Waals surface area (Å²) in [6.45, 7) is 11.8. The lowest BCUT2D eigenvalue weighted by Crippen LogP contribution is -2.47. The van der Waals surface area contributed by atoms with Gasteiger partial charge in [-0.2, -0.15) is 0 Å². The maximum Gasteiger partial charge on any atom is 0.0240 e. The van der Waals surface area contributed by atoms with E-state index in [9.17, 15) is 0 Å². The molecule has 0 aliphatic carbocycles. The molecule has 17 heavy (non-hydrogen) atoms. The average molecular weight is 241 g/mol. The van der Waals surface area contributed by atoms with E-state index in [0.717, 1.165) is 12.5 Å². The molecule has 0 aromatic heterocycles. The Morgan fingerprint density at radius 2 is 2.06 bits per heavy atom. The molecule has 0 spiro atoms. The molecule has 3 heteroatoms. The van der Waals surface area contributed by atoms with Crippen molar-refractivity contribution in [2.75, 3.05) is 47.3 Å². The Kier molecular flexibility index (Phi) is 5.42. The van der Waals surface area contributed by atoms with Crippen molar-refractivity contribution < 1.29 is 0 Å². The van der Waals surface area contributed by atoms with Gasteiger partial charge in [0.05, 0.1) is 0 Å². The van der Waals surface area contributed by atoms with E-state index in [4.69, 9.17) is 0 Å². The molecule has 1 heterocycles. The zero-order valence-electron chi connectivity index (χ0n) is 12.6. The van der Waals surface area contributed by atoms with Gasteiger partial charge in [0, 0.05) is 25.7 Å². The van der Waals surface area contributed by atoms with E-state index < -0.39 is 0 Å². The highest BCUT2D eigenvalue weighted by Crippen LogP contribution is 2.21. The van der Waals surface area contributed by atoms with E-state index in [-0.39, 0.29) is 0 Å². The number of rotatable bonds is 5. The van der Waals surface area contributed by atoms with Gasteiger partial charge in [-0.15, -0.1) is 0 Å². The van der Waals surface area contributed by atoms with Gasteiger partial charge in [0.25, 0.3) is 0 Å². The van der Waals surface area contributed by atoms with Crippen LogP contribution >= 0.6 is 0 Å². The van der Waals surface area contributed by atoms with Crippen LogP contribution in [0.2, 0.25) is 0 Å². The second kappa shape index (κ2) is 6.17. The van der Waals surface area contributed by atoms with Crippen molar-refractivity contribution in [2.45, 2.75) is 33.2 Å². The lowest BCUT2D eigenvalue weighted by Gasteiger charge is -2.34. The molecule has 2 unspecified atom stereocenters. The third kappa shape index (κ3) is 4.94. The first-order chi connectivity index (χ1) is 7.82. The van der Waals surface area contributed by atoms with Crippen LogP contribution in [-0.2, 0) is 0 Å². The summed E-state index contributed by atoms with van der Waals surface area (Å²) in [6.07, 6.45) is 1.36. The lowest BCUT2D eigenvalue weighted by molar-refractivity contribution is 0.185. The summed E-state index contributed by atoms with van der Waals surface area (Å²) in [4.78, 5) is 4.94. The van der Waals surface area contributed by atoms with Gasteiger partial charge in [-0.25, -0.2) is 0 Å². The molecule has 0 amide bonds. The van der Waals surface area contributed by atoms with Crippen LogP contribution in [0.3, 0.4) is 0 Å². The minimum Gasteiger partial charge on any atom is -0.315 e. The van der Waals surface area contributed by atoms with Crippen LogP contribution in [0.15, 0.2) is 0 Å². The maximum atomic E-state index is 3.45. The van der Waals surface area contributed by atoms with E-state index in [0.29, 0.717) is 11.5 Å². The second-order valence-corrected chi connectivity index (χ2v) is 6.85. The fourth-order valence-electron chi connectivity index (χ4n) is 2.80. The topological polar surface area (TPSA) is 18.5 Å². The van der Waals surface area contributed by atoms with Gasteiger partial charge in [0.15, 0.2) is 0 Å². The summed E-state index contributed by atoms with van der Waals surface area (Å²) in [5.74, 6) is 0.863. The van der Waals surface area contributed by atoms with Crippen LogP contribution < -0.4 is 5.32 Å². The molecule has 3 nitrogen and oxygen atoms in total. The van der Waals surface area contributed by atoms with Gasteiger partial charge in [-0.3, -0.25) is 0 Å². The van der Waals surface area contributed by atoms with Crippen molar-refractivity contribution in [2.24, 2.45) is 11.3 Å². The van der Waals surface area contributed by atoms with E-state index in [2.05, 4.69) is 57.0 Å². The summed E-state index contributed by atoms with van der Waals surface area (Å²) in [5, 5.41) is 3.45. The zero-order valence-corrected chi connectivity index (χ0v) is 12.6. The second-order valence-electron chi connectivity index (χ2n) is 6.85. The molecule has 2 atom stereocenters. The third-order valence-electron chi connectivity index (χ3n) is 3.95. The Hall–Kier alpha value is -0.120. The van der Waals surface area contributed by atoms with Crippen molar-refractivity contribution in [3.63, 3.8) is 0 Å². The van der Waals surface area contributed by atoms with Gasteiger partial charge < -0.3 is 15.1 Å². The van der Waals surface area contributed by atoms with Crippen molar-refractivity contribution >= 4 is 0 Å². The molecule has 1 rings (SSSR count). The van der Waals surface area contributed by atoms with Crippen molar-refractivity contribution in [1.82, 2.24) is 15.1 Å². The van der Waals surface area contributed by atoms with E-state index >= 15 is 0 Å². The standard InChI is InChI=1S/C14H31N3/c1-14(2,3)13(15-4)11-17(6)10-12-7-8-16(5)9-12/h12-13,15H,7-11H2,1-6H3. The summed E-state index contributed by atoms with van der Waals surface area (Å²) >= 11 is 0. The van der Waals surface area contributed by atoms with Gasteiger partial charge in [0.2, 0.25) is 0 Å². The van der Waals surface area contributed by atoms with Crippen LogP contribution in [-0.4, -0.2) is 63.2 Å². The molecule has 102 valence electrons. The lowest BCUT2D eigenvalue weighted by atomic mass is 9.86. The van der Waals surface area contributed by atoms with Crippen LogP contribution in [0.4, 0.5) is 0 Å². The SMILES string of the molecule is CNC(CN(C)CC1CCN(C)C1)C(C)(C)C. The monoisotopic (exact) mass is 241 g/mol. The summed E-state index contributed by atoms with van der Waals surface area (Å²) in [6, 6.07) is 0.562. The minimum absolute atomic E-state index is 0.329. The molecule has 0 saturated carbocycles. The van der Waals surface area contributed by atoms with Crippen LogP contribution in [0.25, 0.3) is 0 Å². The summed E-state index contributed by atoms with van der Waals surface area (Å²) in [5.41, 5.74) is 0.329. The van der Waals surface area contributed by atoms with Gasteiger partial charge in [0.1, 0.15) is 0 Å². The van der Waals surface area contributed by atoms with Crippen molar-refractivity contribution in [3.05, 3.63) is 0 Å². The molecular weight excluding hydrogens is 210 g/mol. The Bertz CT molecular complexity index is 222. The molecule has 1 aliphatic heterocycles. The molecule has 0 bridgehead atoms. The van der Waals surface area contributed by atoms with Crippen LogP contribution in [0, 0.1) is 11.3 Å². The Balaban J connectivity index is 2.35. The molecule has 1 fully saturated rings. The fourth-order valence-corrected chi connectivity index (χ4v) is 2.80. The van der Waals surface area contributed by atoms with Gasteiger partial charge in [-0.1, -0.05) is 20.8 Å². The molecule has 0 aromatic rings. The zero-order chi connectivity index (χ0) is 13.1. The van der Waals surface area contributed by atoms with Crippen LogP contribution in [0.1, 0.15) is 27.2 Å². The highest BCUT2D eigenvalue weighted by Gasteiger charge is 2.26. The smallest absolute Gasteiger partial charge is 0.0240 e. The first-order valence-electron chi connectivity index (χ1n) is 6.87. The normalized spacial score (nSPS) is 24.5. The van der Waals surface area contributed by atoms with Crippen LogP contribution in [0.5, 0.6) is 0 Å². The van der Waals surface area contributed by atoms with E-state index in [1.807, 2.05) is 0 Å². The summed E-state index contributed by atoms with van der Waals surface area (Å²) < 4.78 is 0. The highest BCUT2D eigenvalue weighted by molar-refractivity contribution is 4.83. The Morgan fingerprint density at radius 3 is 2.47 bits per heavy atom. The molecule has 1 N–H and O–H groups in total. The highest BCUT2D eigenvalue weighted by atomic mass is 15.2. The Morgan fingerprint density at radius 1 is 1.41 bits per heavy atom. The van der Waals surface area contributed by atoms with Gasteiger partial charge >= 0.3 is 0 Å². The maximum absolute atomic E-state index is 3.45. The first-order valence-corrected chi connectivity index (χ1v) is 6.87. The summed E-state index contributed by atoms with van der Waals surface area (Å²) in [7, 11) is 6.56. The predicted molar refractivity (Wildman–Crippen MR) is 75.4 cm³/mol. The Labute approximate surface area is 108 Å². The van der Waals surface area contributed by atoms with Crippen molar-refractivity contribution in [1.29, 1.82) is 0 Å². The number of hydrogen-bond acceptors (Lipinski definition) is 3. The molecular formula is C14H31N3. The molecule has 0 aromatic carbocycles. The molecule has 1 saturated heterocycles. The van der Waals surface area contributed by atoms with Gasteiger partial charge in [-0.05, 0) is 45.4 Å². The first kappa shape index (κ1) is 14.9. The fraction of sp³-hybridized carbons (Fsp3) is 1.00. The number of nitrogens with zero attached hydrogens (tertiary/aromatic N) is 2. The van der Waals surface area contributed by atoms with Crippen molar-refractivity contribution in [3.8, 4) is 0 Å². The largest absolute Gasteiger partial charge is 0.315 e. The predicted octanol–water partition coefficient (Wildman–Crippen LogP) is 1.50. The average Bonchev–Trinajstić information content (AvgIpc) is 2.58.